The van der Waals surface area contributed by atoms with E-state index < -0.39 is 0 Å². The standard InChI is InChI=1S/C7H15N5S/c1-6(4-5-12(2)3)13-7-8-10-11-9-7/h6H,4-5H2,1-3H3,(H,8,9,10,11). The third-order valence-corrected chi connectivity index (χ3v) is 2.64. The quantitative estimate of drug-likeness (QED) is 0.708. The Morgan fingerprint density at radius 1 is 1.54 bits per heavy atom. The largest absolute Gasteiger partial charge is 0.309 e. The first kappa shape index (κ1) is 10.5. The lowest BCUT2D eigenvalue weighted by Gasteiger charge is -2.12. The van der Waals surface area contributed by atoms with E-state index in [2.05, 4.69) is 46.5 Å². The van der Waals surface area contributed by atoms with Crippen LogP contribution in [0, 0.1) is 0 Å². The molecule has 1 rings (SSSR count). The van der Waals surface area contributed by atoms with Crippen LogP contribution in [0.15, 0.2) is 5.16 Å². The molecule has 0 bridgehead atoms. The third-order valence-electron chi connectivity index (χ3n) is 1.62. The lowest BCUT2D eigenvalue weighted by atomic mass is 10.3. The second-order valence-electron chi connectivity index (χ2n) is 3.21. The summed E-state index contributed by atoms with van der Waals surface area (Å²) in [6, 6.07) is 0. The second-order valence-corrected chi connectivity index (χ2v) is 4.62. The highest BCUT2D eigenvalue weighted by Crippen LogP contribution is 2.19. The lowest BCUT2D eigenvalue weighted by molar-refractivity contribution is 0.400. The maximum Gasteiger partial charge on any atom is 0.231 e. The van der Waals surface area contributed by atoms with Crippen LogP contribution in [0.1, 0.15) is 13.3 Å². The summed E-state index contributed by atoms with van der Waals surface area (Å²) in [4.78, 5) is 2.17. The maximum atomic E-state index is 3.89. The minimum atomic E-state index is 0.528. The van der Waals surface area contributed by atoms with E-state index in [1.807, 2.05) is 0 Å². The number of hydrogen-bond acceptors (Lipinski definition) is 5. The number of hydrogen-bond donors (Lipinski definition) is 1. The molecule has 0 saturated carbocycles. The molecule has 0 aliphatic rings. The fraction of sp³-hybridized carbons (Fsp3) is 0.857. The third kappa shape index (κ3) is 4.23. The molecule has 0 aliphatic carbocycles. The molecule has 5 nitrogen and oxygen atoms in total. The summed E-state index contributed by atoms with van der Waals surface area (Å²) in [5.74, 6) is 0. The van der Waals surface area contributed by atoms with Crippen molar-refractivity contribution < 1.29 is 0 Å². The van der Waals surface area contributed by atoms with E-state index in [-0.39, 0.29) is 0 Å². The molecule has 0 amide bonds. The van der Waals surface area contributed by atoms with Crippen molar-refractivity contribution in [2.45, 2.75) is 23.8 Å². The summed E-state index contributed by atoms with van der Waals surface area (Å²) in [7, 11) is 4.15. The van der Waals surface area contributed by atoms with E-state index in [1.165, 1.54) is 0 Å². The number of nitrogens with one attached hydrogen (secondary N) is 1. The number of thioether (sulfide) groups is 1. The highest BCUT2D eigenvalue weighted by atomic mass is 32.2. The summed E-state index contributed by atoms with van der Waals surface area (Å²) >= 11 is 1.65. The predicted octanol–water partition coefficient (Wildman–Crippen LogP) is 0.632. The van der Waals surface area contributed by atoms with Gasteiger partial charge in [0, 0.05) is 5.25 Å². The SMILES string of the molecule is CC(CCN(C)C)Sc1nn[nH]n1. The zero-order valence-electron chi connectivity index (χ0n) is 8.19. The molecule has 1 aromatic heterocycles. The Bertz CT molecular complexity index is 223. The van der Waals surface area contributed by atoms with Crippen molar-refractivity contribution in [2.75, 3.05) is 20.6 Å². The van der Waals surface area contributed by atoms with Crippen molar-refractivity contribution >= 4 is 11.8 Å². The fourth-order valence-electron chi connectivity index (χ4n) is 0.881. The van der Waals surface area contributed by atoms with Crippen molar-refractivity contribution in [1.82, 2.24) is 25.5 Å². The van der Waals surface area contributed by atoms with Crippen LogP contribution >= 0.6 is 11.8 Å². The molecule has 0 fully saturated rings. The topological polar surface area (TPSA) is 57.7 Å². The van der Waals surface area contributed by atoms with E-state index in [9.17, 15) is 0 Å². The number of aromatic amines is 1. The molecule has 1 heterocycles. The van der Waals surface area contributed by atoms with E-state index >= 15 is 0 Å². The Morgan fingerprint density at radius 2 is 2.31 bits per heavy atom. The van der Waals surface area contributed by atoms with Gasteiger partial charge in [-0.25, -0.2) is 0 Å². The van der Waals surface area contributed by atoms with Crippen molar-refractivity contribution in [3.8, 4) is 0 Å². The van der Waals surface area contributed by atoms with Crippen LogP contribution in [0.3, 0.4) is 0 Å². The summed E-state index contributed by atoms with van der Waals surface area (Å²) in [5, 5.41) is 15.0. The monoisotopic (exact) mass is 201 g/mol. The molecule has 0 spiro atoms. The Kier molecular flexibility index (Phi) is 4.17. The van der Waals surface area contributed by atoms with Crippen LogP contribution in [-0.2, 0) is 0 Å². The number of rotatable bonds is 5. The van der Waals surface area contributed by atoms with Gasteiger partial charge in [-0.3, -0.25) is 0 Å². The van der Waals surface area contributed by atoms with Gasteiger partial charge in [0.25, 0.3) is 0 Å². The lowest BCUT2D eigenvalue weighted by Crippen LogP contribution is -2.16. The maximum absolute atomic E-state index is 3.89. The molecule has 6 heteroatoms. The molecule has 0 saturated heterocycles. The highest BCUT2D eigenvalue weighted by Gasteiger charge is 2.07. The van der Waals surface area contributed by atoms with Gasteiger partial charge in [-0.15, -0.1) is 10.2 Å². The average Bonchev–Trinajstić information content (AvgIpc) is 2.53. The Balaban J connectivity index is 2.22. The van der Waals surface area contributed by atoms with Gasteiger partial charge in [0.05, 0.1) is 0 Å². The van der Waals surface area contributed by atoms with Gasteiger partial charge < -0.3 is 4.90 Å². The molecule has 0 aliphatic heterocycles. The molecule has 74 valence electrons. The first-order valence-corrected chi connectivity index (χ1v) is 5.11. The number of aromatic nitrogens is 4. The Labute approximate surface area is 82.3 Å². The van der Waals surface area contributed by atoms with E-state index in [0.29, 0.717) is 5.25 Å². The van der Waals surface area contributed by atoms with Gasteiger partial charge >= 0.3 is 0 Å². The van der Waals surface area contributed by atoms with Crippen LogP contribution < -0.4 is 0 Å². The summed E-state index contributed by atoms with van der Waals surface area (Å²) in [5.41, 5.74) is 0. The van der Waals surface area contributed by atoms with E-state index in [1.54, 1.807) is 11.8 Å². The van der Waals surface area contributed by atoms with Gasteiger partial charge in [0.15, 0.2) is 0 Å². The van der Waals surface area contributed by atoms with Crippen LogP contribution in [-0.4, -0.2) is 51.4 Å². The summed E-state index contributed by atoms with van der Waals surface area (Å²) in [6.07, 6.45) is 1.13. The molecule has 0 radical (unpaired) electrons. The molecular weight excluding hydrogens is 186 g/mol. The molecule has 13 heavy (non-hydrogen) atoms. The van der Waals surface area contributed by atoms with Gasteiger partial charge in [-0.2, -0.15) is 5.21 Å². The molecule has 0 aromatic carbocycles. The minimum Gasteiger partial charge on any atom is -0.309 e. The molecule has 1 atom stereocenters. The zero-order valence-corrected chi connectivity index (χ0v) is 9.01. The first-order chi connectivity index (χ1) is 6.18. The Hall–Kier alpha value is -0.620. The Morgan fingerprint density at radius 3 is 2.85 bits per heavy atom. The first-order valence-electron chi connectivity index (χ1n) is 4.23. The average molecular weight is 201 g/mol. The molecule has 1 aromatic rings. The second kappa shape index (κ2) is 5.18. The van der Waals surface area contributed by atoms with Crippen molar-refractivity contribution in [2.24, 2.45) is 0 Å². The van der Waals surface area contributed by atoms with Crippen LogP contribution in [0.2, 0.25) is 0 Å². The number of nitrogens with zero attached hydrogens (tertiary/aromatic N) is 4. The van der Waals surface area contributed by atoms with Gasteiger partial charge in [-0.05, 0) is 32.3 Å². The summed E-state index contributed by atoms with van der Waals surface area (Å²) in [6.45, 7) is 3.26. The van der Waals surface area contributed by atoms with E-state index in [0.717, 1.165) is 18.1 Å². The summed E-state index contributed by atoms with van der Waals surface area (Å²) < 4.78 is 0. The van der Waals surface area contributed by atoms with Gasteiger partial charge in [0.2, 0.25) is 5.16 Å². The predicted molar refractivity (Wildman–Crippen MR) is 52.7 cm³/mol. The van der Waals surface area contributed by atoms with Crippen molar-refractivity contribution in [3.63, 3.8) is 0 Å². The fourth-order valence-corrected chi connectivity index (χ4v) is 1.65. The smallest absolute Gasteiger partial charge is 0.231 e. The van der Waals surface area contributed by atoms with Gasteiger partial charge in [-0.1, -0.05) is 18.7 Å². The van der Waals surface area contributed by atoms with Gasteiger partial charge in [0.1, 0.15) is 0 Å². The number of tetrazole rings is 1. The van der Waals surface area contributed by atoms with Crippen molar-refractivity contribution in [1.29, 1.82) is 0 Å². The molecule has 1 N–H and O–H groups in total. The van der Waals surface area contributed by atoms with Crippen LogP contribution in [0.25, 0.3) is 0 Å². The van der Waals surface area contributed by atoms with Crippen LogP contribution in [0.5, 0.6) is 0 Å². The van der Waals surface area contributed by atoms with Crippen LogP contribution in [0.4, 0.5) is 0 Å². The zero-order chi connectivity index (χ0) is 9.68. The molecule has 1 unspecified atom stereocenters. The number of H-pyrrole nitrogens is 1. The van der Waals surface area contributed by atoms with Crippen molar-refractivity contribution in [3.05, 3.63) is 0 Å². The van der Waals surface area contributed by atoms with E-state index in [4.69, 9.17) is 0 Å². The normalized spacial score (nSPS) is 13.5. The molecular formula is C7H15N5S. The highest BCUT2D eigenvalue weighted by molar-refractivity contribution is 7.99. The minimum absolute atomic E-state index is 0.528.